The SMILES string of the molecule is CCO/N=C1/C(=O)N(Cc2cn(CC(=O)N3CCN(c4cc5c(cc4F)c(=O)c(C(=O)O)cn5C4CC4)CC3)nn2)c2c(F)cccc21. The van der Waals surface area contributed by atoms with Gasteiger partial charge in [0.1, 0.15) is 36.0 Å². The van der Waals surface area contributed by atoms with Crippen LogP contribution in [0.5, 0.6) is 0 Å². The molecule has 1 N–H and O–H groups in total. The molecule has 2 aliphatic heterocycles. The molecule has 0 unspecified atom stereocenters. The largest absolute Gasteiger partial charge is 0.477 e. The second kappa shape index (κ2) is 12.2. The standard InChI is InChI=1S/C32H30F2N8O6/c1-2-48-36-28-20-4-3-5-23(33)29(20)42(31(28)45)15-18-14-40(37-35-18)17-27(43)39-10-8-38(9-11-39)26-13-25-21(12-24(26)34)30(44)22(32(46)47)16-41(25)19-6-7-19/h3-5,12-14,16,19H,2,6-11,15,17H2,1H3,(H,46,47)/b36-28+. The monoisotopic (exact) mass is 660 g/mol. The number of amides is 2. The number of nitrogens with zero attached hydrogens (tertiary/aromatic N) is 8. The van der Waals surface area contributed by atoms with Gasteiger partial charge in [0.05, 0.1) is 29.6 Å². The van der Waals surface area contributed by atoms with Gasteiger partial charge in [0.25, 0.3) is 5.91 Å². The summed E-state index contributed by atoms with van der Waals surface area (Å²) in [6.07, 6.45) is 4.53. The predicted octanol–water partition coefficient (Wildman–Crippen LogP) is 2.54. The van der Waals surface area contributed by atoms with Gasteiger partial charge in [0, 0.05) is 49.4 Å². The van der Waals surface area contributed by atoms with Crippen LogP contribution in [0.3, 0.4) is 0 Å². The maximum Gasteiger partial charge on any atom is 0.341 e. The highest BCUT2D eigenvalue weighted by atomic mass is 19.1. The highest BCUT2D eigenvalue weighted by Crippen LogP contribution is 2.38. The minimum atomic E-state index is -1.35. The molecule has 0 spiro atoms. The Kier molecular flexibility index (Phi) is 7.85. The number of para-hydroxylation sites is 1. The van der Waals surface area contributed by atoms with Crippen molar-refractivity contribution in [1.29, 1.82) is 0 Å². The molecule has 0 radical (unpaired) electrons. The van der Waals surface area contributed by atoms with Gasteiger partial charge in [0.15, 0.2) is 5.71 Å². The number of anilines is 2. The number of oxime groups is 1. The summed E-state index contributed by atoms with van der Waals surface area (Å²) in [7, 11) is 0. The molecule has 48 heavy (non-hydrogen) atoms. The Morgan fingerprint density at radius 3 is 2.54 bits per heavy atom. The van der Waals surface area contributed by atoms with Gasteiger partial charge in [-0.05, 0) is 38.0 Å². The molecule has 0 bridgehead atoms. The normalized spacial score (nSPS) is 17.0. The first kappa shape index (κ1) is 31.0. The lowest BCUT2D eigenvalue weighted by atomic mass is 10.1. The highest BCUT2D eigenvalue weighted by Gasteiger charge is 2.37. The summed E-state index contributed by atoms with van der Waals surface area (Å²) in [6.45, 7) is 2.96. The van der Waals surface area contributed by atoms with Crippen LogP contribution in [-0.2, 0) is 27.5 Å². The van der Waals surface area contributed by atoms with Crippen LogP contribution in [0.25, 0.3) is 10.9 Å². The van der Waals surface area contributed by atoms with E-state index in [2.05, 4.69) is 15.5 Å². The number of pyridine rings is 1. The molecule has 0 atom stereocenters. The second-order valence-electron chi connectivity index (χ2n) is 11.8. The van der Waals surface area contributed by atoms with E-state index >= 15 is 4.39 Å². The van der Waals surface area contributed by atoms with Crippen LogP contribution >= 0.6 is 0 Å². The van der Waals surface area contributed by atoms with Crippen molar-refractivity contribution in [3.8, 4) is 0 Å². The van der Waals surface area contributed by atoms with Crippen molar-refractivity contribution in [2.24, 2.45) is 5.16 Å². The van der Waals surface area contributed by atoms with Crippen LogP contribution in [0, 0.1) is 11.6 Å². The Balaban J connectivity index is 1.02. The van der Waals surface area contributed by atoms with Gasteiger partial charge < -0.3 is 24.3 Å². The number of carbonyl (C=O) groups excluding carboxylic acids is 2. The topological polar surface area (TPSA) is 155 Å². The van der Waals surface area contributed by atoms with Gasteiger partial charge in [0.2, 0.25) is 11.3 Å². The molecule has 16 heteroatoms. The van der Waals surface area contributed by atoms with Gasteiger partial charge in [-0.1, -0.05) is 22.5 Å². The summed E-state index contributed by atoms with van der Waals surface area (Å²) in [5, 5.41) is 21.5. The number of carboxylic acid groups (broad SMARTS) is 1. The molecule has 14 nitrogen and oxygen atoms in total. The number of hydrogen-bond acceptors (Lipinski definition) is 9. The molecule has 3 aliphatic rings. The Hall–Kier alpha value is -5.67. The lowest BCUT2D eigenvalue weighted by molar-refractivity contribution is -0.132. The number of fused-ring (bicyclic) bond motifs is 2. The molecule has 1 saturated heterocycles. The fourth-order valence-corrected chi connectivity index (χ4v) is 6.19. The number of aromatic carboxylic acids is 1. The summed E-state index contributed by atoms with van der Waals surface area (Å²) in [5.74, 6) is -3.38. The van der Waals surface area contributed by atoms with Crippen LogP contribution in [0.15, 0.2) is 52.7 Å². The van der Waals surface area contributed by atoms with E-state index in [1.807, 2.05) is 0 Å². The van der Waals surface area contributed by atoms with Gasteiger partial charge >= 0.3 is 5.97 Å². The summed E-state index contributed by atoms with van der Waals surface area (Å²) in [4.78, 5) is 60.4. The minimum Gasteiger partial charge on any atom is -0.477 e. The number of carboxylic acids is 1. The zero-order chi connectivity index (χ0) is 33.7. The maximum absolute atomic E-state index is 15.4. The molecule has 2 aromatic heterocycles. The van der Waals surface area contributed by atoms with Crippen molar-refractivity contribution in [2.75, 3.05) is 42.6 Å². The van der Waals surface area contributed by atoms with Crippen molar-refractivity contribution < 1.29 is 33.1 Å². The van der Waals surface area contributed by atoms with E-state index in [1.54, 1.807) is 33.4 Å². The van der Waals surface area contributed by atoms with E-state index in [-0.39, 0.29) is 54.1 Å². The van der Waals surface area contributed by atoms with Gasteiger partial charge in [-0.2, -0.15) is 0 Å². The highest BCUT2D eigenvalue weighted by molar-refractivity contribution is 6.54. The lowest BCUT2D eigenvalue weighted by Crippen LogP contribution is -2.50. The Morgan fingerprint density at radius 2 is 1.83 bits per heavy atom. The van der Waals surface area contributed by atoms with E-state index in [9.17, 15) is 28.7 Å². The summed E-state index contributed by atoms with van der Waals surface area (Å²) >= 11 is 0. The molecular weight excluding hydrogens is 630 g/mol. The van der Waals surface area contributed by atoms with E-state index in [0.29, 0.717) is 43.0 Å². The van der Waals surface area contributed by atoms with E-state index in [4.69, 9.17) is 4.84 Å². The van der Waals surface area contributed by atoms with E-state index in [1.165, 1.54) is 34.1 Å². The molecule has 4 aromatic rings. The number of benzene rings is 2. The maximum atomic E-state index is 15.4. The van der Waals surface area contributed by atoms with E-state index < -0.39 is 34.5 Å². The first-order chi connectivity index (χ1) is 23.1. The summed E-state index contributed by atoms with van der Waals surface area (Å²) < 4.78 is 33.2. The molecule has 248 valence electrons. The number of aromatic nitrogens is 4. The zero-order valence-electron chi connectivity index (χ0n) is 25.8. The smallest absolute Gasteiger partial charge is 0.341 e. The summed E-state index contributed by atoms with van der Waals surface area (Å²) in [5.41, 5.74) is 0.326. The van der Waals surface area contributed by atoms with Crippen LogP contribution < -0.4 is 15.2 Å². The van der Waals surface area contributed by atoms with Gasteiger partial charge in [-0.3, -0.25) is 19.3 Å². The van der Waals surface area contributed by atoms with Crippen LogP contribution in [-0.4, -0.2) is 85.8 Å². The van der Waals surface area contributed by atoms with Crippen LogP contribution in [0.2, 0.25) is 0 Å². The number of rotatable bonds is 9. The molecule has 2 amide bonds. The quantitative estimate of drug-likeness (QED) is 0.267. The number of halogens is 2. The van der Waals surface area contributed by atoms with Crippen molar-refractivity contribution in [1.82, 2.24) is 24.5 Å². The molecule has 7 rings (SSSR count). The first-order valence-corrected chi connectivity index (χ1v) is 15.5. The molecule has 2 aromatic carbocycles. The zero-order valence-corrected chi connectivity index (χ0v) is 25.8. The van der Waals surface area contributed by atoms with Gasteiger partial charge in [-0.25, -0.2) is 18.3 Å². The third-order valence-electron chi connectivity index (χ3n) is 8.69. The fourth-order valence-electron chi connectivity index (χ4n) is 6.19. The number of carbonyl (C=O) groups is 3. The Bertz CT molecular complexity index is 2070. The third-order valence-corrected chi connectivity index (χ3v) is 8.69. The molecule has 2 fully saturated rings. The molecule has 4 heterocycles. The van der Waals surface area contributed by atoms with Crippen molar-refractivity contribution in [2.45, 2.75) is 38.9 Å². The third kappa shape index (κ3) is 5.52. The average molecular weight is 661 g/mol. The molecule has 1 aliphatic carbocycles. The van der Waals surface area contributed by atoms with Crippen LogP contribution in [0.1, 0.15) is 47.4 Å². The molecular formula is C32H30F2N8O6. The summed E-state index contributed by atoms with van der Waals surface area (Å²) in [6, 6.07) is 7.06. The predicted molar refractivity (Wildman–Crippen MR) is 168 cm³/mol. The second-order valence-corrected chi connectivity index (χ2v) is 11.8. The first-order valence-electron chi connectivity index (χ1n) is 15.5. The van der Waals surface area contributed by atoms with Crippen molar-refractivity contribution >= 4 is 45.8 Å². The van der Waals surface area contributed by atoms with Crippen molar-refractivity contribution in [3.63, 3.8) is 0 Å². The van der Waals surface area contributed by atoms with Gasteiger partial charge in [-0.15, -0.1) is 5.10 Å². The average Bonchev–Trinajstić information content (AvgIpc) is 3.76. The van der Waals surface area contributed by atoms with Crippen molar-refractivity contribution in [3.05, 3.63) is 81.4 Å². The van der Waals surface area contributed by atoms with E-state index in [0.717, 1.165) is 18.9 Å². The lowest BCUT2D eigenvalue weighted by Gasteiger charge is -2.36. The number of piperazine rings is 1. The fraction of sp³-hybridized carbons (Fsp3) is 0.344. The number of hydrogen-bond donors (Lipinski definition) is 1. The Labute approximate surface area is 271 Å². The Morgan fingerprint density at radius 1 is 1.06 bits per heavy atom. The van der Waals surface area contributed by atoms with Crippen LogP contribution in [0.4, 0.5) is 20.2 Å². The minimum absolute atomic E-state index is 0.0128. The molecule has 1 saturated carbocycles.